The molecule has 0 radical (unpaired) electrons. The summed E-state index contributed by atoms with van der Waals surface area (Å²) in [5.41, 5.74) is 0.290. The minimum Gasteiger partial charge on any atom is -0.378 e. The molecule has 0 bridgehead atoms. The van der Waals surface area contributed by atoms with E-state index in [1.807, 2.05) is 0 Å². The fraction of sp³-hybridized carbons (Fsp3) is 1.00. The van der Waals surface area contributed by atoms with Crippen molar-refractivity contribution in [3.8, 4) is 0 Å². The number of hydrogen-bond donors (Lipinski definition) is 0. The first kappa shape index (κ1) is 18.0. The molecule has 2 nitrogen and oxygen atoms in total. The van der Waals surface area contributed by atoms with Crippen molar-refractivity contribution in [2.75, 3.05) is 26.8 Å². The van der Waals surface area contributed by atoms with Gasteiger partial charge in [-0.15, -0.1) is 0 Å². The summed E-state index contributed by atoms with van der Waals surface area (Å²) in [7, 11) is 2.25. The number of likely N-dealkylation sites (N-methyl/N-ethyl adjacent to an activating group) is 1. The fourth-order valence-electron chi connectivity index (χ4n) is 3.13. The van der Waals surface area contributed by atoms with Crippen LogP contribution in [0.2, 0.25) is 0 Å². The van der Waals surface area contributed by atoms with Crippen molar-refractivity contribution < 1.29 is 4.74 Å². The quantitative estimate of drug-likeness (QED) is 0.494. The molecule has 0 aromatic rings. The third kappa shape index (κ3) is 7.08. The van der Waals surface area contributed by atoms with Gasteiger partial charge < -0.3 is 4.74 Å². The smallest absolute Gasteiger partial charge is 0.0648 e. The first-order valence-electron chi connectivity index (χ1n) is 8.98. The highest BCUT2D eigenvalue weighted by Crippen LogP contribution is 2.24. The Hall–Kier alpha value is -0.0800. The van der Waals surface area contributed by atoms with Crippen LogP contribution in [-0.4, -0.2) is 37.2 Å². The fourth-order valence-corrected chi connectivity index (χ4v) is 3.13. The molecular formula is C18H37NO. The lowest BCUT2D eigenvalue weighted by molar-refractivity contribution is -0.0515. The van der Waals surface area contributed by atoms with Crippen LogP contribution in [0.3, 0.4) is 0 Å². The number of hydrogen-bond acceptors (Lipinski definition) is 2. The van der Waals surface area contributed by atoms with Crippen molar-refractivity contribution in [1.82, 2.24) is 4.90 Å². The summed E-state index contributed by atoms with van der Waals surface area (Å²) in [5.74, 6) is 0. The Bertz CT molecular complexity index is 231. The van der Waals surface area contributed by atoms with E-state index >= 15 is 0 Å². The summed E-state index contributed by atoms with van der Waals surface area (Å²) in [5, 5.41) is 0. The highest BCUT2D eigenvalue weighted by Gasteiger charge is 2.31. The summed E-state index contributed by atoms with van der Waals surface area (Å²) >= 11 is 0. The van der Waals surface area contributed by atoms with Gasteiger partial charge in [-0.05, 0) is 20.4 Å². The molecule has 1 rings (SSSR count). The lowest BCUT2D eigenvalue weighted by atomic mass is 9.92. The highest BCUT2D eigenvalue weighted by atomic mass is 16.5. The van der Waals surface area contributed by atoms with Crippen LogP contribution in [-0.2, 0) is 4.74 Å². The van der Waals surface area contributed by atoms with Gasteiger partial charge in [0.05, 0.1) is 13.2 Å². The Balaban J connectivity index is 1.91. The maximum absolute atomic E-state index is 5.66. The molecule has 120 valence electrons. The van der Waals surface area contributed by atoms with Gasteiger partial charge in [0, 0.05) is 12.1 Å². The van der Waals surface area contributed by atoms with Crippen molar-refractivity contribution in [2.45, 2.75) is 90.0 Å². The SMILES string of the molecule is CCCCCCCCCCCCC1(C)COCCN1C. The van der Waals surface area contributed by atoms with Crippen LogP contribution in [0.5, 0.6) is 0 Å². The molecule has 0 aromatic heterocycles. The van der Waals surface area contributed by atoms with Crippen molar-refractivity contribution in [1.29, 1.82) is 0 Å². The average molecular weight is 283 g/mol. The normalized spacial score (nSPS) is 24.1. The molecule has 0 aromatic carbocycles. The van der Waals surface area contributed by atoms with Crippen LogP contribution in [0.15, 0.2) is 0 Å². The van der Waals surface area contributed by atoms with Crippen LogP contribution in [0, 0.1) is 0 Å². The van der Waals surface area contributed by atoms with E-state index in [1.165, 1.54) is 70.6 Å². The van der Waals surface area contributed by atoms with E-state index in [0.29, 0.717) is 5.54 Å². The van der Waals surface area contributed by atoms with E-state index in [0.717, 1.165) is 19.8 Å². The molecular weight excluding hydrogens is 246 g/mol. The van der Waals surface area contributed by atoms with Gasteiger partial charge in [-0.25, -0.2) is 0 Å². The van der Waals surface area contributed by atoms with E-state index in [2.05, 4.69) is 25.8 Å². The molecule has 0 aliphatic carbocycles. The molecule has 1 atom stereocenters. The Labute approximate surface area is 127 Å². The van der Waals surface area contributed by atoms with Gasteiger partial charge in [-0.3, -0.25) is 4.90 Å². The van der Waals surface area contributed by atoms with Gasteiger partial charge in [0.15, 0.2) is 0 Å². The van der Waals surface area contributed by atoms with Crippen molar-refractivity contribution in [3.63, 3.8) is 0 Å². The zero-order valence-corrected chi connectivity index (χ0v) is 14.3. The Morgan fingerprint density at radius 3 is 2.00 bits per heavy atom. The summed E-state index contributed by atoms with van der Waals surface area (Å²) in [6, 6.07) is 0. The molecule has 1 unspecified atom stereocenters. The minimum absolute atomic E-state index is 0.290. The van der Waals surface area contributed by atoms with Gasteiger partial charge >= 0.3 is 0 Å². The molecule has 2 heteroatoms. The monoisotopic (exact) mass is 283 g/mol. The van der Waals surface area contributed by atoms with Crippen LogP contribution >= 0.6 is 0 Å². The second-order valence-corrected chi connectivity index (χ2v) is 6.90. The molecule has 1 saturated heterocycles. The molecule has 0 N–H and O–H groups in total. The second kappa shape index (κ2) is 10.6. The van der Waals surface area contributed by atoms with Gasteiger partial charge in [0.2, 0.25) is 0 Å². The minimum atomic E-state index is 0.290. The maximum atomic E-state index is 5.66. The van der Waals surface area contributed by atoms with E-state index in [-0.39, 0.29) is 0 Å². The number of unbranched alkanes of at least 4 members (excludes halogenated alkanes) is 9. The lowest BCUT2D eigenvalue weighted by Gasteiger charge is -2.42. The predicted octanol–water partition coefficient (Wildman–Crippen LogP) is 5.02. The molecule has 1 aliphatic heterocycles. The van der Waals surface area contributed by atoms with Gasteiger partial charge in [-0.1, -0.05) is 71.1 Å². The Morgan fingerprint density at radius 1 is 0.900 bits per heavy atom. The molecule has 1 aliphatic rings. The van der Waals surface area contributed by atoms with Crippen molar-refractivity contribution >= 4 is 0 Å². The molecule has 0 amide bonds. The largest absolute Gasteiger partial charge is 0.378 e. The van der Waals surface area contributed by atoms with E-state index < -0.39 is 0 Å². The first-order valence-corrected chi connectivity index (χ1v) is 8.98. The van der Waals surface area contributed by atoms with E-state index in [4.69, 9.17) is 4.74 Å². The summed E-state index contributed by atoms with van der Waals surface area (Å²) in [4.78, 5) is 2.49. The Kier molecular flexibility index (Phi) is 9.54. The van der Waals surface area contributed by atoms with Crippen molar-refractivity contribution in [3.05, 3.63) is 0 Å². The van der Waals surface area contributed by atoms with Crippen molar-refractivity contribution in [2.24, 2.45) is 0 Å². The average Bonchev–Trinajstić information content (AvgIpc) is 2.44. The third-order valence-corrected chi connectivity index (χ3v) is 4.97. The second-order valence-electron chi connectivity index (χ2n) is 6.90. The summed E-state index contributed by atoms with van der Waals surface area (Å²) in [6.07, 6.45) is 15.5. The number of rotatable bonds is 11. The van der Waals surface area contributed by atoms with Gasteiger partial charge in [0.1, 0.15) is 0 Å². The molecule has 1 fully saturated rings. The van der Waals surface area contributed by atoms with Gasteiger partial charge in [-0.2, -0.15) is 0 Å². The van der Waals surface area contributed by atoms with Crippen LogP contribution in [0.4, 0.5) is 0 Å². The zero-order valence-electron chi connectivity index (χ0n) is 14.3. The number of nitrogens with zero attached hydrogens (tertiary/aromatic N) is 1. The maximum Gasteiger partial charge on any atom is 0.0648 e. The number of morpholine rings is 1. The molecule has 1 heterocycles. The molecule has 20 heavy (non-hydrogen) atoms. The Morgan fingerprint density at radius 2 is 1.45 bits per heavy atom. The zero-order chi connectivity index (χ0) is 14.7. The number of ether oxygens (including phenoxy) is 1. The highest BCUT2D eigenvalue weighted by molar-refractivity contribution is 4.86. The van der Waals surface area contributed by atoms with Crippen LogP contribution < -0.4 is 0 Å². The first-order chi connectivity index (χ1) is 9.69. The van der Waals surface area contributed by atoms with Crippen LogP contribution in [0.25, 0.3) is 0 Å². The van der Waals surface area contributed by atoms with E-state index in [1.54, 1.807) is 0 Å². The molecule has 0 saturated carbocycles. The summed E-state index contributed by atoms with van der Waals surface area (Å²) in [6.45, 7) is 7.56. The molecule has 0 spiro atoms. The standard InChI is InChI=1S/C18H37NO/c1-4-5-6-7-8-9-10-11-12-13-14-18(2)17-20-16-15-19(18)3/h4-17H2,1-3H3. The van der Waals surface area contributed by atoms with Gasteiger partial charge in [0.25, 0.3) is 0 Å². The summed E-state index contributed by atoms with van der Waals surface area (Å²) < 4.78 is 5.66. The lowest BCUT2D eigenvalue weighted by Crippen LogP contribution is -2.52. The topological polar surface area (TPSA) is 12.5 Å². The van der Waals surface area contributed by atoms with E-state index in [9.17, 15) is 0 Å². The predicted molar refractivity (Wildman–Crippen MR) is 88.3 cm³/mol. The van der Waals surface area contributed by atoms with Crippen LogP contribution in [0.1, 0.15) is 84.5 Å². The third-order valence-electron chi connectivity index (χ3n) is 4.97.